The minimum Gasteiger partial charge on any atom is -0.497 e. The number of rotatable bonds is 4. The fraction of sp³-hybridized carbons (Fsp3) is 0.143. The third kappa shape index (κ3) is 3.24. The number of ether oxygens (including phenoxy) is 1. The van der Waals surface area contributed by atoms with Gasteiger partial charge in [-0.15, -0.1) is 0 Å². The highest BCUT2D eigenvalue weighted by Gasteiger charge is 2.19. The Labute approximate surface area is 127 Å². The monoisotopic (exact) mass is 306 g/mol. The second-order valence-corrected chi connectivity index (χ2v) is 4.64. The zero-order chi connectivity index (χ0) is 15.4. The van der Waals surface area contributed by atoms with Gasteiger partial charge in [-0.05, 0) is 24.3 Å². The Morgan fingerprint density at radius 1 is 1.38 bits per heavy atom. The highest BCUT2D eigenvalue weighted by Crippen LogP contribution is 2.23. The Morgan fingerprint density at radius 3 is 2.81 bits per heavy atom. The van der Waals surface area contributed by atoms with E-state index in [0.717, 1.165) is 0 Å². The van der Waals surface area contributed by atoms with Gasteiger partial charge in [0.1, 0.15) is 17.3 Å². The van der Waals surface area contributed by atoms with Gasteiger partial charge in [-0.1, -0.05) is 17.7 Å². The smallest absolute Gasteiger partial charge is 0.278 e. The summed E-state index contributed by atoms with van der Waals surface area (Å²) in [5.41, 5.74) is 3.18. The molecule has 0 saturated heterocycles. The van der Waals surface area contributed by atoms with Gasteiger partial charge in [-0.25, -0.2) is 10.8 Å². The van der Waals surface area contributed by atoms with Crippen molar-refractivity contribution in [2.45, 2.75) is 0 Å². The number of nitrogens with zero attached hydrogens (tertiary/aromatic N) is 2. The second-order valence-electron chi connectivity index (χ2n) is 4.24. The molecule has 1 aromatic heterocycles. The van der Waals surface area contributed by atoms with Gasteiger partial charge in [-0.2, -0.15) is 0 Å². The highest BCUT2D eigenvalue weighted by atomic mass is 35.5. The lowest BCUT2D eigenvalue weighted by molar-refractivity contribution is 0.0988. The minimum atomic E-state index is -0.342. The summed E-state index contributed by atoms with van der Waals surface area (Å²) < 4.78 is 5.14. The quantitative estimate of drug-likeness (QED) is 0.669. The van der Waals surface area contributed by atoms with Gasteiger partial charge in [0.2, 0.25) is 0 Å². The van der Waals surface area contributed by atoms with Crippen molar-refractivity contribution in [3.05, 3.63) is 47.1 Å². The molecule has 0 atom stereocenters. The number of aromatic nitrogens is 1. The number of anilines is 2. The molecule has 0 saturated carbocycles. The molecule has 1 heterocycles. The molecule has 0 spiro atoms. The summed E-state index contributed by atoms with van der Waals surface area (Å²) in [6.07, 6.45) is 0. The Balaban J connectivity index is 2.34. The number of nitrogens with two attached hydrogens (primary N) is 1. The molecule has 0 aliphatic heterocycles. The molecule has 0 bridgehead atoms. The van der Waals surface area contributed by atoms with E-state index in [1.807, 2.05) is 0 Å². The van der Waals surface area contributed by atoms with Gasteiger partial charge < -0.3 is 15.1 Å². The van der Waals surface area contributed by atoms with Gasteiger partial charge in [0.15, 0.2) is 0 Å². The number of hydrogen-bond acceptors (Lipinski definition) is 5. The van der Waals surface area contributed by atoms with Gasteiger partial charge in [-0.3, -0.25) is 4.79 Å². The Kier molecular flexibility index (Phi) is 4.62. The van der Waals surface area contributed by atoms with Crippen LogP contribution in [0.1, 0.15) is 10.5 Å². The van der Waals surface area contributed by atoms with Gasteiger partial charge >= 0.3 is 0 Å². The molecular formula is C14H15ClN4O2. The van der Waals surface area contributed by atoms with Crippen molar-refractivity contribution in [2.24, 2.45) is 5.84 Å². The predicted molar refractivity (Wildman–Crippen MR) is 82.8 cm³/mol. The van der Waals surface area contributed by atoms with Crippen LogP contribution >= 0.6 is 11.6 Å². The van der Waals surface area contributed by atoms with Crippen molar-refractivity contribution in [1.29, 1.82) is 0 Å². The van der Waals surface area contributed by atoms with E-state index in [0.29, 0.717) is 17.3 Å². The van der Waals surface area contributed by atoms with Gasteiger partial charge in [0.05, 0.1) is 12.1 Å². The molecule has 110 valence electrons. The van der Waals surface area contributed by atoms with Crippen molar-refractivity contribution in [2.75, 3.05) is 24.5 Å². The number of nitrogen functional groups attached to an aromatic ring is 1. The molecule has 0 fully saturated rings. The number of hydrazine groups is 1. The zero-order valence-corrected chi connectivity index (χ0v) is 12.4. The normalized spacial score (nSPS) is 10.1. The lowest BCUT2D eigenvalue weighted by Crippen LogP contribution is -2.27. The van der Waals surface area contributed by atoms with Crippen molar-refractivity contribution in [3.8, 4) is 5.75 Å². The van der Waals surface area contributed by atoms with Crippen molar-refractivity contribution in [3.63, 3.8) is 0 Å². The van der Waals surface area contributed by atoms with Crippen LogP contribution in [0.25, 0.3) is 0 Å². The van der Waals surface area contributed by atoms with Crippen LogP contribution in [0, 0.1) is 0 Å². The van der Waals surface area contributed by atoms with Gasteiger partial charge in [0, 0.05) is 18.8 Å². The average Bonchev–Trinajstić information content (AvgIpc) is 2.54. The summed E-state index contributed by atoms with van der Waals surface area (Å²) in [6, 6.07) is 10.3. The molecule has 0 aliphatic rings. The number of hydrogen-bond donors (Lipinski definition) is 2. The average molecular weight is 307 g/mol. The Hall–Kier alpha value is -2.31. The minimum absolute atomic E-state index is 0.123. The molecule has 1 aromatic carbocycles. The maximum Gasteiger partial charge on any atom is 0.278 e. The van der Waals surface area contributed by atoms with E-state index in [1.54, 1.807) is 50.6 Å². The van der Waals surface area contributed by atoms with Crippen LogP contribution in [0.3, 0.4) is 0 Å². The first-order valence-corrected chi connectivity index (χ1v) is 6.50. The van der Waals surface area contributed by atoms with Crippen LogP contribution < -0.4 is 20.9 Å². The summed E-state index contributed by atoms with van der Waals surface area (Å²) in [6.45, 7) is 0. The molecular weight excluding hydrogens is 292 g/mol. The second kappa shape index (κ2) is 6.43. The summed E-state index contributed by atoms with van der Waals surface area (Å²) in [5, 5.41) is 0.258. The number of pyridine rings is 1. The first-order valence-electron chi connectivity index (χ1n) is 6.12. The third-order valence-electron chi connectivity index (χ3n) is 2.94. The lowest BCUT2D eigenvalue weighted by atomic mass is 10.2. The van der Waals surface area contributed by atoms with Crippen LogP contribution in [-0.4, -0.2) is 25.0 Å². The number of benzene rings is 1. The van der Waals surface area contributed by atoms with E-state index in [1.165, 1.54) is 4.90 Å². The molecule has 1 amide bonds. The van der Waals surface area contributed by atoms with E-state index in [9.17, 15) is 4.79 Å². The fourth-order valence-electron chi connectivity index (χ4n) is 1.77. The number of nitrogens with one attached hydrogen (secondary N) is 1. The molecule has 2 rings (SSSR count). The van der Waals surface area contributed by atoms with Gasteiger partial charge in [0.25, 0.3) is 5.91 Å². The summed E-state index contributed by atoms with van der Waals surface area (Å²) in [5.74, 6) is 5.97. The van der Waals surface area contributed by atoms with E-state index in [2.05, 4.69) is 10.4 Å². The van der Waals surface area contributed by atoms with Crippen LogP contribution in [0.15, 0.2) is 36.4 Å². The van der Waals surface area contributed by atoms with Crippen LogP contribution in [-0.2, 0) is 0 Å². The molecule has 0 unspecified atom stereocenters. The highest BCUT2D eigenvalue weighted by molar-refractivity contribution is 6.34. The number of amides is 1. The molecule has 0 radical (unpaired) electrons. The maximum atomic E-state index is 12.5. The molecule has 2 aromatic rings. The standard InChI is InChI=1S/C14H15ClN4O2/c1-19(9-4-3-5-10(8-9)21-2)14(20)13-11(15)6-7-12(17-13)18-16/h3-8H,16H2,1-2H3,(H,17,18). The van der Waals surface area contributed by atoms with Crippen molar-refractivity contribution < 1.29 is 9.53 Å². The van der Waals surface area contributed by atoms with Crippen LogP contribution in [0.2, 0.25) is 5.02 Å². The first-order chi connectivity index (χ1) is 10.1. The summed E-state index contributed by atoms with van der Waals surface area (Å²) >= 11 is 6.03. The topological polar surface area (TPSA) is 80.5 Å². The van der Waals surface area contributed by atoms with E-state index >= 15 is 0 Å². The van der Waals surface area contributed by atoms with E-state index in [-0.39, 0.29) is 16.6 Å². The maximum absolute atomic E-state index is 12.5. The van der Waals surface area contributed by atoms with Crippen molar-refractivity contribution in [1.82, 2.24) is 4.98 Å². The summed E-state index contributed by atoms with van der Waals surface area (Å²) in [4.78, 5) is 18.0. The van der Waals surface area contributed by atoms with Crippen LogP contribution in [0.5, 0.6) is 5.75 Å². The predicted octanol–water partition coefficient (Wildman–Crippen LogP) is 2.31. The number of carbonyl (C=O) groups is 1. The molecule has 3 N–H and O–H groups in total. The Morgan fingerprint density at radius 2 is 2.14 bits per heavy atom. The largest absolute Gasteiger partial charge is 0.497 e. The zero-order valence-electron chi connectivity index (χ0n) is 11.6. The Bertz CT molecular complexity index is 663. The molecule has 0 aliphatic carbocycles. The molecule has 7 heteroatoms. The summed E-state index contributed by atoms with van der Waals surface area (Å²) in [7, 11) is 3.20. The first kappa shape index (κ1) is 15.1. The number of carbonyl (C=O) groups excluding carboxylic acids is 1. The number of methoxy groups -OCH3 is 1. The molecule has 6 nitrogen and oxygen atoms in total. The molecule has 21 heavy (non-hydrogen) atoms. The lowest BCUT2D eigenvalue weighted by Gasteiger charge is -2.18. The fourth-order valence-corrected chi connectivity index (χ4v) is 1.95. The third-order valence-corrected chi connectivity index (χ3v) is 3.25. The van der Waals surface area contributed by atoms with E-state index in [4.69, 9.17) is 22.2 Å². The van der Waals surface area contributed by atoms with E-state index < -0.39 is 0 Å². The van der Waals surface area contributed by atoms with Crippen LogP contribution in [0.4, 0.5) is 11.5 Å². The number of halogens is 1. The SMILES string of the molecule is COc1cccc(N(C)C(=O)c2nc(NN)ccc2Cl)c1. The van der Waals surface area contributed by atoms with Crippen molar-refractivity contribution >= 4 is 29.0 Å².